The Labute approximate surface area is 139 Å². The Kier molecular flexibility index (Phi) is 12.8. The Morgan fingerprint density at radius 1 is 1.15 bits per heavy atom. The van der Waals surface area contributed by atoms with Crippen molar-refractivity contribution in [3.63, 3.8) is 0 Å². The number of hydrogen-bond donors (Lipinski definition) is 1. The van der Waals surface area contributed by atoms with Gasteiger partial charge in [0.25, 0.3) is 0 Å². The Morgan fingerprint density at radius 2 is 1.75 bits per heavy atom. The number of aromatic nitrogens is 1. The van der Waals surface area contributed by atoms with Gasteiger partial charge in [0.1, 0.15) is 0 Å². The van der Waals surface area contributed by atoms with Crippen molar-refractivity contribution in [3.8, 4) is 0 Å². The van der Waals surface area contributed by atoms with E-state index in [-0.39, 0.29) is 43.3 Å². The molecule has 1 saturated heterocycles. The van der Waals surface area contributed by atoms with E-state index in [0.717, 1.165) is 39.3 Å². The predicted molar refractivity (Wildman–Crippen MR) is 89.4 cm³/mol. The van der Waals surface area contributed by atoms with Gasteiger partial charge in [-0.1, -0.05) is 6.07 Å². The van der Waals surface area contributed by atoms with Crippen LogP contribution < -0.4 is 0 Å². The number of nitrogens with zero attached hydrogens (tertiary/aromatic N) is 3. The molecule has 0 saturated carbocycles. The molecule has 0 aliphatic carbocycles. The third-order valence-corrected chi connectivity index (χ3v) is 3.12. The summed E-state index contributed by atoms with van der Waals surface area (Å²) in [5.41, 5.74) is 1.27. The molecular formula is C13H24Cl3N3O. The molecule has 0 amide bonds. The van der Waals surface area contributed by atoms with Gasteiger partial charge in [0.15, 0.2) is 0 Å². The normalized spacial score (nSPS) is 17.3. The molecule has 2 rings (SSSR count). The largest absolute Gasteiger partial charge is 0.392 e. The van der Waals surface area contributed by atoms with Crippen molar-refractivity contribution < 1.29 is 5.11 Å². The first kappa shape index (κ1) is 22.2. The summed E-state index contributed by atoms with van der Waals surface area (Å²) in [4.78, 5) is 8.90. The number of pyridine rings is 1. The molecule has 1 aliphatic rings. The average Bonchev–Trinajstić information content (AvgIpc) is 2.32. The number of halogens is 3. The van der Waals surface area contributed by atoms with E-state index in [4.69, 9.17) is 0 Å². The zero-order valence-corrected chi connectivity index (χ0v) is 14.1. The molecule has 0 bridgehead atoms. The second-order valence-corrected chi connectivity index (χ2v) is 4.79. The van der Waals surface area contributed by atoms with Gasteiger partial charge in [-0.25, -0.2) is 0 Å². The molecule has 20 heavy (non-hydrogen) atoms. The number of piperazine rings is 1. The molecule has 118 valence electrons. The lowest BCUT2D eigenvalue weighted by Gasteiger charge is -2.35. The van der Waals surface area contributed by atoms with Crippen LogP contribution in [0, 0.1) is 0 Å². The summed E-state index contributed by atoms with van der Waals surface area (Å²) in [7, 11) is 0. The van der Waals surface area contributed by atoms with Crippen LogP contribution in [0.2, 0.25) is 0 Å². The molecule has 2 heterocycles. The number of rotatable bonds is 4. The van der Waals surface area contributed by atoms with Gasteiger partial charge in [0.05, 0.1) is 6.10 Å². The first-order valence-electron chi connectivity index (χ1n) is 6.26. The molecule has 0 spiro atoms. The third-order valence-electron chi connectivity index (χ3n) is 3.12. The summed E-state index contributed by atoms with van der Waals surface area (Å²) in [6.07, 6.45) is 3.52. The van der Waals surface area contributed by atoms with Gasteiger partial charge in [-0.2, -0.15) is 0 Å². The monoisotopic (exact) mass is 343 g/mol. The van der Waals surface area contributed by atoms with Crippen molar-refractivity contribution >= 4 is 37.2 Å². The lowest BCUT2D eigenvalue weighted by atomic mass is 10.2. The lowest BCUT2D eigenvalue weighted by Crippen LogP contribution is -2.47. The topological polar surface area (TPSA) is 39.6 Å². The molecule has 1 aromatic rings. The van der Waals surface area contributed by atoms with Gasteiger partial charge in [-0.15, -0.1) is 37.2 Å². The van der Waals surface area contributed by atoms with Crippen molar-refractivity contribution in [1.82, 2.24) is 14.8 Å². The van der Waals surface area contributed by atoms with Gasteiger partial charge in [0, 0.05) is 51.7 Å². The fourth-order valence-corrected chi connectivity index (χ4v) is 2.25. The molecule has 1 aromatic heterocycles. The molecule has 4 nitrogen and oxygen atoms in total. The number of aliphatic hydroxyl groups excluding tert-OH is 1. The number of hydrogen-bond acceptors (Lipinski definition) is 4. The Bertz CT molecular complexity index is 333. The highest BCUT2D eigenvalue weighted by Crippen LogP contribution is 2.07. The van der Waals surface area contributed by atoms with E-state index < -0.39 is 0 Å². The summed E-state index contributed by atoms with van der Waals surface area (Å²) in [5.74, 6) is 0. The summed E-state index contributed by atoms with van der Waals surface area (Å²) < 4.78 is 0. The Balaban J connectivity index is 0. The molecule has 1 atom stereocenters. The van der Waals surface area contributed by atoms with E-state index in [2.05, 4.69) is 20.9 Å². The standard InChI is InChI=1S/C13H21N3O.3ClH/c1-12(17)10-15-5-7-16(8-6-15)11-13-3-2-4-14-9-13;;;/h2-4,9,12,17H,5-8,10-11H2,1H3;3*1H. The molecule has 0 aromatic carbocycles. The third kappa shape index (κ3) is 7.62. The fourth-order valence-electron chi connectivity index (χ4n) is 2.25. The molecule has 1 N–H and O–H groups in total. The van der Waals surface area contributed by atoms with Crippen LogP contribution in [0.15, 0.2) is 24.5 Å². The SMILES string of the molecule is CC(O)CN1CCN(Cc2cccnc2)CC1.Cl.Cl.Cl. The molecule has 0 radical (unpaired) electrons. The van der Waals surface area contributed by atoms with Crippen molar-refractivity contribution in [2.75, 3.05) is 32.7 Å². The average molecular weight is 345 g/mol. The first-order chi connectivity index (χ1) is 8.24. The molecule has 1 fully saturated rings. The Hall–Kier alpha value is -0.100. The minimum absolute atomic E-state index is 0. The van der Waals surface area contributed by atoms with Crippen LogP contribution in [0.5, 0.6) is 0 Å². The van der Waals surface area contributed by atoms with Crippen LogP contribution in [0.4, 0.5) is 0 Å². The molecule has 1 unspecified atom stereocenters. The fraction of sp³-hybridized carbons (Fsp3) is 0.615. The second kappa shape index (κ2) is 11.5. The summed E-state index contributed by atoms with van der Waals surface area (Å²) in [6.45, 7) is 7.86. The van der Waals surface area contributed by atoms with Crippen LogP contribution in [-0.4, -0.2) is 58.7 Å². The Morgan fingerprint density at radius 3 is 2.25 bits per heavy atom. The smallest absolute Gasteiger partial charge is 0.0639 e. The van der Waals surface area contributed by atoms with Gasteiger partial charge < -0.3 is 5.11 Å². The molecule has 1 aliphatic heterocycles. The van der Waals surface area contributed by atoms with Gasteiger partial charge >= 0.3 is 0 Å². The summed E-state index contributed by atoms with van der Waals surface area (Å²) in [6, 6.07) is 4.11. The highest BCUT2D eigenvalue weighted by Gasteiger charge is 2.17. The van der Waals surface area contributed by atoms with E-state index in [9.17, 15) is 5.11 Å². The maximum absolute atomic E-state index is 9.34. The predicted octanol–water partition coefficient (Wildman–Crippen LogP) is 1.85. The lowest BCUT2D eigenvalue weighted by molar-refractivity contribution is 0.0780. The van der Waals surface area contributed by atoms with Gasteiger partial charge in [-0.3, -0.25) is 14.8 Å². The van der Waals surface area contributed by atoms with Gasteiger partial charge in [-0.05, 0) is 18.6 Å². The van der Waals surface area contributed by atoms with Crippen LogP contribution >= 0.6 is 37.2 Å². The number of aliphatic hydroxyl groups is 1. The molecule has 7 heteroatoms. The first-order valence-corrected chi connectivity index (χ1v) is 6.26. The molecular weight excluding hydrogens is 321 g/mol. The van der Waals surface area contributed by atoms with Crippen LogP contribution in [0.3, 0.4) is 0 Å². The van der Waals surface area contributed by atoms with E-state index in [1.54, 1.807) is 0 Å². The van der Waals surface area contributed by atoms with Crippen LogP contribution in [0.25, 0.3) is 0 Å². The second-order valence-electron chi connectivity index (χ2n) is 4.79. The van der Waals surface area contributed by atoms with Crippen molar-refractivity contribution in [2.45, 2.75) is 19.6 Å². The van der Waals surface area contributed by atoms with Crippen LogP contribution in [0.1, 0.15) is 12.5 Å². The van der Waals surface area contributed by atoms with Crippen molar-refractivity contribution in [2.24, 2.45) is 0 Å². The quantitative estimate of drug-likeness (QED) is 0.905. The van der Waals surface area contributed by atoms with E-state index in [1.165, 1.54) is 5.56 Å². The van der Waals surface area contributed by atoms with Crippen molar-refractivity contribution in [3.05, 3.63) is 30.1 Å². The highest BCUT2D eigenvalue weighted by atomic mass is 35.5. The minimum Gasteiger partial charge on any atom is -0.392 e. The maximum Gasteiger partial charge on any atom is 0.0639 e. The maximum atomic E-state index is 9.34. The van der Waals surface area contributed by atoms with Gasteiger partial charge in [0.2, 0.25) is 0 Å². The zero-order valence-electron chi connectivity index (χ0n) is 11.6. The van der Waals surface area contributed by atoms with Crippen molar-refractivity contribution in [1.29, 1.82) is 0 Å². The number of β-amino-alcohol motifs (C(OH)–C–C–N with tert-alkyl or cyclic N) is 1. The summed E-state index contributed by atoms with van der Waals surface area (Å²) >= 11 is 0. The highest BCUT2D eigenvalue weighted by molar-refractivity contribution is 5.86. The van der Waals surface area contributed by atoms with E-state index in [0.29, 0.717) is 0 Å². The minimum atomic E-state index is -0.222. The van der Waals surface area contributed by atoms with E-state index >= 15 is 0 Å². The van der Waals surface area contributed by atoms with E-state index in [1.807, 2.05) is 25.4 Å². The van der Waals surface area contributed by atoms with Crippen LogP contribution in [-0.2, 0) is 6.54 Å². The summed E-state index contributed by atoms with van der Waals surface area (Å²) in [5, 5.41) is 9.34. The zero-order chi connectivity index (χ0) is 12.1.